The minimum atomic E-state index is -0.0210. The molecule has 0 aliphatic carbocycles. The molecule has 0 saturated carbocycles. The molecule has 0 bridgehead atoms. The summed E-state index contributed by atoms with van der Waals surface area (Å²) in [5.74, 6) is -0.0210. The average Bonchev–Trinajstić information content (AvgIpc) is 3.00. The monoisotopic (exact) mass is 285 g/mol. The molecule has 1 aromatic heterocycles. The first-order valence-corrected chi connectivity index (χ1v) is 7.18. The van der Waals surface area contributed by atoms with E-state index in [9.17, 15) is 4.79 Å². The van der Waals surface area contributed by atoms with Crippen molar-refractivity contribution in [2.45, 2.75) is 26.0 Å². The number of aromatic nitrogens is 2. The molecule has 2 atom stereocenters. The minimum Gasteiger partial charge on any atom is -0.375 e. The summed E-state index contributed by atoms with van der Waals surface area (Å²) in [7, 11) is 0. The van der Waals surface area contributed by atoms with Crippen molar-refractivity contribution in [2.24, 2.45) is 0 Å². The highest BCUT2D eigenvalue weighted by atomic mass is 16.5. The predicted molar refractivity (Wildman–Crippen MR) is 79.9 cm³/mol. The third kappa shape index (κ3) is 2.83. The Morgan fingerprint density at radius 1 is 1.33 bits per heavy atom. The summed E-state index contributed by atoms with van der Waals surface area (Å²) in [6, 6.07) is 11.7. The normalized spacial score (nSPS) is 22.3. The van der Waals surface area contributed by atoms with E-state index in [2.05, 4.69) is 10.2 Å². The Morgan fingerprint density at radius 3 is 2.86 bits per heavy atom. The Balaban J connectivity index is 1.81. The second kappa shape index (κ2) is 5.69. The number of carbonyl (C=O) groups is 1. The van der Waals surface area contributed by atoms with Gasteiger partial charge in [-0.3, -0.25) is 9.89 Å². The van der Waals surface area contributed by atoms with E-state index in [4.69, 9.17) is 4.74 Å². The number of nitrogens with zero attached hydrogens (tertiary/aromatic N) is 2. The van der Waals surface area contributed by atoms with Crippen molar-refractivity contribution in [1.82, 2.24) is 15.1 Å². The Kier molecular flexibility index (Phi) is 3.75. The fraction of sp³-hybridized carbons (Fsp3) is 0.375. The van der Waals surface area contributed by atoms with Crippen molar-refractivity contribution in [3.63, 3.8) is 0 Å². The molecule has 2 unspecified atom stereocenters. The molecule has 1 fully saturated rings. The predicted octanol–water partition coefficient (Wildman–Crippen LogP) is 2.33. The Labute approximate surface area is 123 Å². The van der Waals surface area contributed by atoms with Gasteiger partial charge in [-0.2, -0.15) is 5.10 Å². The van der Waals surface area contributed by atoms with Crippen LogP contribution in [0.15, 0.2) is 36.4 Å². The van der Waals surface area contributed by atoms with E-state index in [1.165, 1.54) is 0 Å². The Morgan fingerprint density at radius 2 is 2.10 bits per heavy atom. The zero-order chi connectivity index (χ0) is 14.8. The summed E-state index contributed by atoms with van der Waals surface area (Å²) in [4.78, 5) is 14.4. The lowest BCUT2D eigenvalue weighted by Crippen LogP contribution is -2.50. The Bertz CT molecular complexity index is 623. The molecule has 2 aromatic rings. The molecule has 1 aliphatic heterocycles. The molecule has 1 aromatic carbocycles. The second-order valence-electron chi connectivity index (χ2n) is 5.48. The van der Waals surface area contributed by atoms with E-state index in [0.717, 1.165) is 11.3 Å². The molecule has 1 aliphatic rings. The molecule has 1 amide bonds. The average molecular weight is 285 g/mol. The minimum absolute atomic E-state index is 0.0210. The smallest absolute Gasteiger partial charge is 0.272 e. The van der Waals surface area contributed by atoms with Crippen LogP contribution in [0.1, 0.15) is 24.3 Å². The molecule has 110 valence electrons. The molecule has 1 N–H and O–H groups in total. The van der Waals surface area contributed by atoms with Crippen LogP contribution in [0.4, 0.5) is 0 Å². The number of H-pyrrole nitrogens is 1. The fourth-order valence-electron chi connectivity index (χ4n) is 2.53. The summed E-state index contributed by atoms with van der Waals surface area (Å²) in [5.41, 5.74) is 2.30. The van der Waals surface area contributed by atoms with Crippen LogP contribution in [-0.4, -0.2) is 46.3 Å². The van der Waals surface area contributed by atoms with Gasteiger partial charge in [-0.05, 0) is 19.9 Å². The van der Waals surface area contributed by atoms with E-state index >= 15 is 0 Å². The van der Waals surface area contributed by atoms with Crippen molar-refractivity contribution in [1.29, 1.82) is 0 Å². The van der Waals surface area contributed by atoms with Gasteiger partial charge in [0.2, 0.25) is 0 Å². The van der Waals surface area contributed by atoms with Crippen LogP contribution < -0.4 is 0 Å². The third-order valence-corrected chi connectivity index (χ3v) is 3.75. The molecule has 5 heteroatoms. The molecule has 2 heterocycles. The summed E-state index contributed by atoms with van der Waals surface area (Å²) < 4.78 is 5.56. The van der Waals surface area contributed by atoms with Gasteiger partial charge in [-0.15, -0.1) is 0 Å². The van der Waals surface area contributed by atoms with E-state index < -0.39 is 0 Å². The van der Waals surface area contributed by atoms with E-state index in [1.54, 1.807) is 0 Å². The topological polar surface area (TPSA) is 58.2 Å². The SMILES string of the molecule is CC1CN(C(=O)c2cc(-c3ccccc3)n[nH]2)C(C)CO1. The highest BCUT2D eigenvalue weighted by molar-refractivity contribution is 5.93. The number of carbonyl (C=O) groups excluding carboxylic acids is 1. The van der Waals surface area contributed by atoms with Crippen molar-refractivity contribution in [2.75, 3.05) is 13.2 Å². The van der Waals surface area contributed by atoms with Gasteiger partial charge in [0.1, 0.15) is 5.69 Å². The molecular weight excluding hydrogens is 266 g/mol. The second-order valence-corrected chi connectivity index (χ2v) is 5.48. The van der Waals surface area contributed by atoms with Crippen LogP contribution in [0.25, 0.3) is 11.3 Å². The molecular formula is C16H19N3O2. The first kappa shape index (κ1) is 13.8. The first-order valence-electron chi connectivity index (χ1n) is 7.18. The van der Waals surface area contributed by atoms with Crippen molar-refractivity contribution >= 4 is 5.91 Å². The summed E-state index contributed by atoms with van der Waals surface area (Å²) in [6.45, 7) is 5.17. The van der Waals surface area contributed by atoms with Crippen molar-refractivity contribution in [3.05, 3.63) is 42.1 Å². The van der Waals surface area contributed by atoms with Crippen molar-refractivity contribution in [3.8, 4) is 11.3 Å². The van der Waals surface area contributed by atoms with Crippen molar-refractivity contribution < 1.29 is 9.53 Å². The quantitative estimate of drug-likeness (QED) is 0.921. The third-order valence-electron chi connectivity index (χ3n) is 3.75. The molecule has 3 rings (SSSR count). The van der Waals surface area contributed by atoms with Gasteiger partial charge in [-0.1, -0.05) is 30.3 Å². The standard InChI is InChI=1S/C16H19N3O2/c1-11-10-21-12(2)9-19(11)16(20)15-8-14(17-18-15)13-6-4-3-5-7-13/h3-8,11-12H,9-10H2,1-2H3,(H,17,18). The lowest BCUT2D eigenvalue weighted by Gasteiger charge is -2.36. The van der Waals surface area contributed by atoms with Crippen LogP contribution in [0.5, 0.6) is 0 Å². The van der Waals surface area contributed by atoms with E-state index in [-0.39, 0.29) is 18.1 Å². The lowest BCUT2D eigenvalue weighted by atomic mass is 10.1. The van der Waals surface area contributed by atoms with Crippen LogP contribution in [0, 0.1) is 0 Å². The van der Waals surface area contributed by atoms with Gasteiger partial charge >= 0.3 is 0 Å². The molecule has 0 radical (unpaired) electrons. The van der Waals surface area contributed by atoms with Gasteiger partial charge in [0.05, 0.1) is 24.4 Å². The highest BCUT2D eigenvalue weighted by Crippen LogP contribution is 2.19. The Hall–Kier alpha value is -2.14. The zero-order valence-electron chi connectivity index (χ0n) is 12.2. The lowest BCUT2D eigenvalue weighted by molar-refractivity contribution is -0.0389. The number of benzene rings is 1. The fourth-order valence-corrected chi connectivity index (χ4v) is 2.53. The summed E-state index contributed by atoms with van der Waals surface area (Å²) >= 11 is 0. The van der Waals surface area contributed by atoms with E-state index in [1.807, 2.05) is 55.1 Å². The van der Waals surface area contributed by atoms with Gasteiger partial charge in [0.25, 0.3) is 5.91 Å². The summed E-state index contributed by atoms with van der Waals surface area (Å²) in [5, 5.41) is 7.10. The number of aromatic amines is 1. The molecule has 21 heavy (non-hydrogen) atoms. The van der Waals surface area contributed by atoms with Gasteiger partial charge in [-0.25, -0.2) is 0 Å². The number of hydrogen-bond acceptors (Lipinski definition) is 3. The van der Waals surface area contributed by atoms with Gasteiger partial charge in [0.15, 0.2) is 0 Å². The number of hydrogen-bond donors (Lipinski definition) is 1. The van der Waals surface area contributed by atoms with E-state index in [0.29, 0.717) is 18.8 Å². The molecule has 1 saturated heterocycles. The summed E-state index contributed by atoms with van der Waals surface area (Å²) in [6.07, 6.45) is 0.0710. The van der Waals surface area contributed by atoms with Crippen LogP contribution >= 0.6 is 0 Å². The van der Waals surface area contributed by atoms with Crippen LogP contribution in [0.2, 0.25) is 0 Å². The van der Waals surface area contributed by atoms with Gasteiger partial charge in [0, 0.05) is 12.1 Å². The maximum Gasteiger partial charge on any atom is 0.272 e. The number of ether oxygens (including phenoxy) is 1. The largest absolute Gasteiger partial charge is 0.375 e. The molecule has 0 spiro atoms. The van der Waals surface area contributed by atoms with Crippen LogP contribution in [0.3, 0.4) is 0 Å². The number of morpholine rings is 1. The highest BCUT2D eigenvalue weighted by Gasteiger charge is 2.29. The maximum atomic E-state index is 12.6. The number of nitrogens with one attached hydrogen (secondary N) is 1. The number of rotatable bonds is 2. The van der Waals surface area contributed by atoms with Gasteiger partial charge < -0.3 is 9.64 Å². The zero-order valence-corrected chi connectivity index (χ0v) is 12.2. The molecule has 5 nitrogen and oxygen atoms in total. The number of amides is 1. The first-order chi connectivity index (χ1) is 10.1. The van der Waals surface area contributed by atoms with Crippen LogP contribution in [-0.2, 0) is 4.74 Å². The maximum absolute atomic E-state index is 12.6.